The van der Waals surface area contributed by atoms with Crippen molar-refractivity contribution < 1.29 is 27.9 Å². The summed E-state index contributed by atoms with van der Waals surface area (Å²) in [6.07, 6.45) is -0.766. The van der Waals surface area contributed by atoms with Crippen molar-refractivity contribution in [1.29, 1.82) is 0 Å². The van der Waals surface area contributed by atoms with Crippen LogP contribution in [0.25, 0.3) is 0 Å². The van der Waals surface area contributed by atoms with Crippen LogP contribution in [-0.4, -0.2) is 43.4 Å². The van der Waals surface area contributed by atoms with Gasteiger partial charge < -0.3 is 10.1 Å². The molecule has 0 aliphatic carbocycles. The van der Waals surface area contributed by atoms with E-state index in [-0.39, 0.29) is 12.1 Å². The molecule has 0 spiro atoms. The molecule has 2 amide bonds. The highest BCUT2D eigenvalue weighted by Gasteiger charge is 2.28. The van der Waals surface area contributed by atoms with Crippen LogP contribution in [0.3, 0.4) is 0 Å². The molecule has 6 nitrogen and oxygen atoms in total. The lowest BCUT2D eigenvalue weighted by atomic mass is 9.97. The average Bonchev–Trinajstić information content (AvgIpc) is 2.47. The molecule has 8 heteroatoms. The van der Waals surface area contributed by atoms with Crippen LogP contribution in [-0.2, 0) is 14.4 Å². The molecule has 0 heterocycles. The van der Waals surface area contributed by atoms with Crippen LogP contribution in [0.4, 0.5) is 13.6 Å². The molecule has 0 aliphatic rings. The number of nitrogens with one attached hydrogen (secondary N) is 1. The Balaban J connectivity index is 3.01. The first-order chi connectivity index (χ1) is 11.0. The molecule has 1 rings (SSSR count). The third-order valence-electron chi connectivity index (χ3n) is 3.07. The molecule has 0 bridgehead atoms. The standard InChI is InChI=1S/C16H22F2N2O4/c1-16(2,3)24-15(22)19-9-12(14(21)20(4)23-5)11-8-10(17)6-7-13(11)18/h6-8,12H,9H2,1-5H3,(H,19,22)/t12-/m1/s1. The second kappa shape index (κ2) is 8.05. The smallest absolute Gasteiger partial charge is 0.407 e. The summed E-state index contributed by atoms with van der Waals surface area (Å²) in [6, 6.07) is 2.78. The second-order valence-corrected chi connectivity index (χ2v) is 6.12. The number of hydrogen-bond donors (Lipinski definition) is 1. The Labute approximate surface area is 139 Å². The minimum Gasteiger partial charge on any atom is -0.444 e. The first kappa shape index (κ1) is 19.8. The SMILES string of the molecule is CON(C)C(=O)[C@H](CNC(=O)OC(C)(C)C)c1cc(F)ccc1F. The Kier molecular flexibility index (Phi) is 6.65. The number of halogens is 2. The van der Waals surface area contributed by atoms with Gasteiger partial charge in [-0.3, -0.25) is 9.63 Å². The summed E-state index contributed by atoms with van der Waals surface area (Å²) in [5, 5.41) is 3.27. The van der Waals surface area contributed by atoms with E-state index in [9.17, 15) is 18.4 Å². The number of carbonyl (C=O) groups excluding carboxylic acids is 2. The number of amides is 2. The first-order valence-electron chi connectivity index (χ1n) is 7.28. The van der Waals surface area contributed by atoms with Crippen molar-refractivity contribution >= 4 is 12.0 Å². The lowest BCUT2D eigenvalue weighted by Gasteiger charge is -2.24. The predicted octanol–water partition coefficient (Wildman–Crippen LogP) is 2.59. The molecule has 1 atom stereocenters. The van der Waals surface area contributed by atoms with Gasteiger partial charge in [-0.25, -0.2) is 18.6 Å². The Morgan fingerprint density at radius 1 is 1.29 bits per heavy atom. The number of benzene rings is 1. The minimum atomic E-state index is -1.17. The van der Waals surface area contributed by atoms with E-state index in [1.807, 2.05) is 0 Å². The van der Waals surface area contributed by atoms with Crippen LogP contribution in [0.1, 0.15) is 32.3 Å². The Hall–Kier alpha value is -2.22. The topological polar surface area (TPSA) is 67.9 Å². The summed E-state index contributed by atoms with van der Waals surface area (Å²) in [4.78, 5) is 28.9. The molecule has 24 heavy (non-hydrogen) atoms. The van der Waals surface area contributed by atoms with Crippen LogP contribution in [0.15, 0.2) is 18.2 Å². The fourth-order valence-corrected chi connectivity index (χ4v) is 1.92. The molecule has 1 aromatic rings. The van der Waals surface area contributed by atoms with Gasteiger partial charge in [0.15, 0.2) is 0 Å². The molecule has 0 saturated carbocycles. The predicted molar refractivity (Wildman–Crippen MR) is 83.1 cm³/mol. The van der Waals surface area contributed by atoms with Crippen molar-refractivity contribution in [1.82, 2.24) is 10.4 Å². The molecule has 0 aromatic heterocycles. The van der Waals surface area contributed by atoms with Gasteiger partial charge in [0.1, 0.15) is 17.2 Å². The van der Waals surface area contributed by atoms with Gasteiger partial charge in [0.05, 0.1) is 13.0 Å². The van der Waals surface area contributed by atoms with Crippen molar-refractivity contribution in [2.75, 3.05) is 20.7 Å². The maximum absolute atomic E-state index is 14.0. The van der Waals surface area contributed by atoms with Crippen LogP contribution in [0, 0.1) is 11.6 Å². The van der Waals surface area contributed by atoms with E-state index in [0.29, 0.717) is 0 Å². The molecule has 0 fully saturated rings. The lowest BCUT2D eigenvalue weighted by Crippen LogP contribution is -2.40. The van der Waals surface area contributed by atoms with Gasteiger partial charge in [0.2, 0.25) is 0 Å². The zero-order valence-corrected chi connectivity index (χ0v) is 14.4. The summed E-state index contributed by atoms with van der Waals surface area (Å²) < 4.78 is 32.5. The van der Waals surface area contributed by atoms with E-state index in [1.54, 1.807) is 20.8 Å². The van der Waals surface area contributed by atoms with Crippen molar-refractivity contribution in [3.63, 3.8) is 0 Å². The lowest BCUT2D eigenvalue weighted by molar-refractivity contribution is -0.170. The Morgan fingerprint density at radius 3 is 2.46 bits per heavy atom. The van der Waals surface area contributed by atoms with E-state index in [4.69, 9.17) is 9.57 Å². The number of rotatable bonds is 5. The third-order valence-corrected chi connectivity index (χ3v) is 3.07. The molecule has 0 aliphatic heterocycles. The summed E-state index contributed by atoms with van der Waals surface area (Å²) >= 11 is 0. The van der Waals surface area contributed by atoms with Gasteiger partial charge in [-0.05, 0) is 39.0 Å². The largest absolute Gasteiger partial charge is 0.444 e. The van der Waals surface area contributed by atoms with Crippen molar-refractivity contribution in [3.8, 4) is 0 Å². The van der Waals surface area contributed by atoms with Crippen molar-refractivity contribution in [2.24, 2.45) is 0 Å². The number of ether oxygens (including phenoxy) is 1. The molecule has 134 valence electrons. The molecular weight excluding hydrogens is 322 g/mol. The van der Waals surface area contributed by atoms with Gasteiger partial charge in [0, 0.05) is 19.2 Å². The average molecular weight is 344 g/mol. The first-order valence-corrected chi connectivity index (χ1v) is 7.28. The fourth-order valence-electron chi connectivity index (χ4n) is 1.92. The normalized spacial score (nSPS) is 12.5. The minimum absolute atomic E-state index is 0.181. The maximum atomic E-state index is 14.0. The summed E-state index contributed by atoms with van der Waals surface area (Å²) in [6.45, 7) is 4.77. The van der Waals surface area contributed by atoms with Crippen LogP contribution >= 0.6 is 0 Å². The van der Waals surface area contributed by atoms with Crippen LogP contribution < -0.4 is 5.32 Å². The Morgan fingerprint density at radius 2 is 1.92 bits per heavy atom. The number of likely N-dealkylation sites (N-methyl/N-ethyl adjacent to an activating group) is 1. The van der Waals surface area contributed by atoms with Crippen molar-refractivity contribution in [3.05, 3.63) is 35.4 Å². The molecule has 1 aromatic carbocycles. The van der Waals surface area contributed by atoms with Crippen LogP contribution in [0.2, 0.25) is 0 Å². The highest BCUT2D eigenvalue weighted by molar-refractivity contribution is 5.83. The number of alkyl carbamates (subject to hydrolysis) is 1. The van der Waals surface area contributed by atoms with Gasteiger partial charge >= 0.3 is 6.09 Å². The zero-order chi connectivity index (χ0) is 18.5. The van der Waals surface area contributed by atoms with E-state index < -0.39 is 35.2 Å². The number of hydroxylamine groups is 2. The number of carbonyl (C=O) groups is 2. The van der Waals surface area contributed by atoms with Crippen molar-refractivity contribution in [2.45, 2.75) is 32.3 Å². The highest BCUT2D eigenvalue weighted by Crippen LogP contribution is 2.22. The van der Waals surface area contributed by atoms with Gasteiger partial charge in [-0.2, -0.15) is 0 Å². The molecular formula is C16H22F2N2O4. The van der Waals surface area contributed by atoms with Crippen LogP contribution in [0.5, 0.6) is 0 Å². The van der Waals surface area contributed by atoms with Gasteiger partial charge in [-0.1, -0.05) is 0 Å². The number of nitrogens with zero attached hydrogens (tertiary/aromatic N) is 1. The quantitative estimate of drug-likeness (QED) is 0.834. The molecule has 1 N–H and O–H groups in total. The summed E-state index contributed by atoms with van der Waals surface area (Å²) in [5.74, 6) is -3.26. The maximum Gasteiger partial charge on any atom is 0.407 e. The summed E-state index contributed by atoms with van der Waals surface area (Å²) in [7, 11) is 2.60. The molecule has 0 unspecified atom stereocenters. The summed E-state index contributed by atoms with van der Waals surface area (Å²) in [5.41, 5.74) is -0.906. The fraction of sp³-hybridized carbons (Fsp3) is 0.500. The number of hydrogen-bond acceptors (Lipinski definition) is 4. The van der Waals surface area contributed by atoms with E-state index in [2.05, 4.69) is 5.32 Å². The van der Waals surface area contributed by atoms with Gasteiger partial charge in [0.25, 0.3) is 5.91 Å². The third kappa shape index (κ3) is 5.77. The van der Waals surface area contributed by atoms with E-state index >= 15 is 0 Å². The molecule has 0 saturated heterocycles. The Bertz CT molecular complexity index is 602. The highest BCUT2D eigenvalue weighted by atomic mass is 19.1. The second-order valence-electron chi connectivity index (χ2n) is 6.12. The van der Waals surface area contributed by atoms with E-state index in [1.165, 1.54) is 14.2 Å². The van der Waals surface area contributed by atoms with Gasteiger partial charge in [-0.15, -0.1) is 0 Å². The monoisotopic (exact) mass is 344 g/mol. The van der Waals surface area contributed by atoms with E-state index in [0.717, 1.165) is 23.3 Å². The molecule has 0 radical (unpaired) electrons. The zero-order valence-electron chi connectivity index (χ0n) is 14.4.